The minimum absolute atomic E-state index is 0.117. The molecule has 3 aromatic rings. The van der Waals surface area contributed by atoms with Crippen molar-refractivity contribution in [1.82, 2.24) is 4.98 Å². The van der Waals surface area contributed by atoms with Crippen molar-refractivity contribution in [1.29, 1.82) is 0 Å². The molecule has 2 aromatic carbocycles. The molecule has 4 rings (SSSR count). The lowest BCUT2D eigenvalue weighted by Gasteiger charge is -2.14. The number of benzene rings is 2. The Hall–Kier alpha value is -3.32. The van der Waals surface area contributed by atoms with Crippen LogP contribution in [0.25, 0.3) is 0 Å². The van der Waals surface area contributed by atoms with Crippen LogP contribution in [0.1, 0.15) is 31.2 Å². The Morgan fingerprint density at radius 2 is 1.78 bits per heavy atom. The predicted molar refractivity (Wildman–Crippen MR) is 104 cm³/mol. The first-order chi connectivity index (χ1) is 13.0. The number of anilines is 2. The fourth-order valence-electron chi connectivity index (χ4n) is 2.86. The molecule has 0 radical (unpaired) electrons. The molecular weight excluding hydrogens is 410 g/mol. The second kappa shape index (κ2) is 6.77. The lowest BCUT2D eigenvalue weighted by atomic mass is 10.1. The lowest BCUT2D eigenvalue weighted by Crippen LogP contribution is -2.29. The summed E-state index contributed by atoms with van der Waals surface area (Å²) >= 11 is 3.35. The number of aromatic nitrogens is 1. The van der Waals surface area contributed by atoms with E-state index in [0.717, 1.165) is 9.37 Å². The molecule has 2 heterocycles. The summed E-state index contributed by atoms with van der Waals surface area (Å²) in [4.78, 5) is 42.7. The Morgan fingerprint density at radius 1 is 0.963 bits per heavy atom. The van der Waals surface area contributed by atoms with E-state index in [9.17, 15) is 14.4 Å². The molecule has 1 aliphatic heterocycles. The maximum Gasteiger partial charge on any atom is 0.284 e. The Morgan fingerprint density at radius 3 is 2.56 bits per heavy atom. The van der Waals surface area contributed by atoms with Crippen molar-refractivity contribution in [2.45, 2.75) is 0 Å². The predicted octanol–water partition coefficient (Wildman–Crippen LogP) is 3.90. The molecule has 0 fully saturated rings. The Kier molecular flexibility index (Phi) is 4.29. The molecule has 0 spiro atoms. The molecule has 0 saturated heterocycles. The van der Waals surface area contributed by atoms with E-state index < -0.39 is 11.8 Å². The topological polar surface area (TPSA) is 79.4 Å². The number of nitrogens with one attached hydrogen (secondary N) is 1. The summed E-state index contributed by atoms with van der Waals surface area (Å²) in [7, 11) is 0. The van der Waals surface area contributed by atoms with Crippen LogP contribution in [0.3, 0.4) is 0 Å². The van der Waals surface area contributed by atoms with E-state index in [1.54, 1.807) is 42.5 Å². The van der Waals surface area contributed by atoms with Crippen LogP contribution in [0.15, 0.2) is 71.3 Å². The summed E-state index contributed by atoms with van der Waals surface area (Å²) in [5.41, 5.74) is 1.66. The van der Waals surface area contributed by atoms with Gasteiger partial charge in [0.2, 0.25) is 0 Å². The van der Waals surface area contributed by atoms with Crippen LogP contribution in [0, 0.1) is 0 Å². The van der Waals surface area contributed by atoms with Gasteiger partial charge in [0, 0.05) is 21.9 Å². The first kappa shape index (κ1) is 17.1. The third-order valence-electron chi connectivity index (χ3n) is 4.10. The van der Waals surface area contributed by atoms with E-state index in [4.69, 9.17) is 0 Å². The zero-order chi connectivity index (χ0) is 19.0. The Balaban J connectivity index is 1.63. The fourth-order valence-corrected chi connectivity index (χ4v) is 3.26. The highest BCUT2D eigenvalue weighted by molar-refractivity contribution is 9.10. The van der Waals surface area contributed by atoms with Crippen LogP contribution in [-0.4, -0.2) is 22.7 Å². The zero-order valence-corrected chi connectivity index (χ0v) is 15.4. The minimum Gasteiger partial charge on any atom is -0.322 e. The second-order valence-corrected chi connectivity index (χ2v) is 6.78. The van der Waals surface area contributed by atoms with E-state index >= 15 is 0 Å². The highest BCUT2D eigenvalue weighted by atomic mass is 79.9. The first-order valence-corrected chi connectivity index (χ1v) is 8.85. The van der Waals surface area contributed by atoms with Crippen LogP contribution >= 0.6 is 15.9 Å². The normalized spacial score (nSPS) is 12.9. The van der Waals surface area contributed by atoms with Gasteiger partial charge >= 0.3 is 0 Å². The van der Waals surface area contributed by atoms with Crippen molar-refractivity contribution in [3.63, 3.8) is 0 Å². The number of pyridine rings is 1. The van der Waals surface area contributed by atoms with Gasteiger partial charge in [0.15, 0.2) is 0 Å². The van der Waals surface area contributed by atoms with Gasteiger partial charge in [-0.05, 0) is 48.5 Å². The first-order valence-electron chi connectivity index (χ1n) is 8.05. The maximum absolute atomic E-state index is 12.6. The number of halogens is 1. The van der Waals surface area contributed by atoms with Gasteiger partial charge in [-0.15, -0.1) is 0 Å². The maximum atomic E-state index is 12.6. The van der Waals surface area contributed by atoms with Gasteiger partial charge in [-0.2, -0.15) is 0 Å². The van der Waals surface area contributed by atoms with Crippen LogP contribution < -0.4 is 10.2 Å². The van der Waals surface area contributed by atoms with Gasteiger partial charge in [0.25, 0.3) is 17.7 Å². The van der Waals surface area contributed by atoms with E-state index in [1.807, 2.05) is 12.1 Å². The van der Waals surface area contributed by atoms with E-state index in [1.165, 1.54) is 12.3 Å². The highest BCUT2D eigenvalue weighted by Crippen LogP contribution is 2.28. The zero-order valence-electron chi connectivity index (χ0n) is 13.8. The third kappa shape index (κ3) is 3.13. The molecule has 7 heteroatoms. The minimum atomic E-state index is -0.500. The van der Waals surface area contributed by atoms with E-state index in [0.29, 0.717) is 16.9 Å². The van der Waals surface area contributed by atoms with Crippen molar-refractivity contribution in [2.75, 3.05) is 10.2 Å². The van der Waals surface area contributed by atoms with E-state index in [-0.39, 0.29) is 17.2 Å². The van der Waals surface area contributed by atoms with Crippen molar-refractivity contribution < 1.29 is 14.4 Å². The van der Waals surface area contributed by atoms with Crippen LogP contribution in [0.4, 0.5) is 11.4 Å². The van der Waals surface area contributed by atoms with Gasteiger partial charge in [-0.1, -0.05) is 28.1 Å². The van der Waals surface area contributed by atoms with Crippen molar-refractivity contribution >= 4 is 45.0 Å². The van der Waals surface area contributed by atoms with Crippen LogP contribution in [0.5, 0.6) is 0 Å². The Labute approximate surface area is 163 Å². The molecule has 0 saturated carbocycles. The fraction of sp³-hybridized carbons (Fsp3) is 0. The molecule has 0 aliphatic carbocycles. The SMILES string of the molecule is O=C(Nc1cccc(Br)c1)c1cccc(N2C(=O)c3cccnc3C2=O)c1. The number of fused-ring (bicyclic) bond motifs is 1. The van der Waals surface area contributed by atoms with Gasteiger partial charge in [0.1, 0.15) is 5.69 Å². The molecule has 1 aromatic heterocycles. The summed E-state index contributed by atoms with van der Waals surface area (Å²) in [6.07, 6.45) is 1.47. The number of carbonyl (C=O) groups is 3. The molecule has 1 aliphatic rings. The number of rotatable bonds is 3. The number of carbonyl (C=O) groups excluding carboxylic acids is 3. The highest BCUT2D eigenvalue weighted by Gasteiger charge is 2.37. The Bertz CT molecular complexity index is 1060. The molecule has 0 unspecified atom stereocenters. The average molecular weight is 422 g/mol. The molecule has 6 nitrogen and oxygen atoms in total. The number of nitrogens with zero attached hydrogens (tertiary/aromatic N) is 2. The number of hydrogen-bond donors (Lipinski definition) is 1. The number of imide groups is 1. The molecule has 27 heavy (non-hydrogen) atoms. The summed E-state index contributed by atoms with van der Waals surface area (Å²) in [5, 5.41) is 2.79. The summed E-state index contributed by atoms with van der Waals surface area (Å²) < 4.78 is 0.840. The quantitative estimate of drug-likeness (QED) is 0.650. The molecule has 1 N–H and O–H groups in total. The summed E-state index contributed by atoms with van der Waals surface area (Å²) in [6, 6.07) is 16.7. The van der Waals surface area contributed by atoms with Gasteiger partial charge in [0.05, 0.1) is 11.3 Å². The second-order valence-electron chi connectivity index (χ2n) is 5.86. The number of hydrogen-bond acceptors (Lipinski definition) is 4. The van der Waals surface area contributed by atoms with Crippen molar-refractivity contribution in [3.8, 4) is 0 Å². The molecule has 3 amide bonds. The van der Waals surface area contributed by atoms with E-state index in [2.05, 4.69) is 26.2 Å². The monoisotopic (exact) mass is 421 g/mol. The van der Waals surface area contributed by atoms with Gasteiger partial charge in [-0.25, -0.2) is 4.90 Å². The van der Waals surface area contributed by atoms with Gasteiger partial charge in [-0.3, -0.25) is 19.4 Å². The summed E-state index contributed by atoms with van der Waals surface area (Å²) in [6.45, 7) is 0. The summed E-state index contributed by atoms with van der Waals surface area (Å²) in [5.74, 6) is -1.29. The smallest absolute Gasteiger partial charge is 0.284 e. The van der Waals surface area contributed by atoms with Gasteiger partial charge < -0.3 is 5.32 Å². The molecular formula is C20H12BrN3O3. The third-order valence-corrected chi connectivity index (χ3v) is 4.59. The number of amides is 3. The molecule has 132 valence electrons. The van der Waals surface area contributed by atoms with Crippen molar-refractivity contribution in [2.24, 2.45) is 0 Å². The van der Waals surface area contributed by atoms with Crippen LogP contribution in [-0.2, 0) is 0 Å². The standard InChI is InChI=1S/C20H12BrN3O3/c21-13-5-2-6-14(11-13)23-18(25)12-4-1-7-15(10-12)24-19(26)16-8-3-9-22-17(16)20(24)27/h1-11H,(H,23,25). The van der Waals surface area contributed by atoms with Crippen LogP contribution in [0.2, 0.25) is 0 Å². The molecule has 0 bridgehead atoms. The average Bonchev–Trinajstić information content (AvgIpc) is 2.93. The largest absolute Gasteiger partial charge is 0.322 e. The lowest BCUT2D eigenvalue weighted by molar-refractivity contribution is 0.0922. The van der Waals surface area contributed by atoms with Crippen molar-refractivity contribution in [3.05, 3.63) is 88.2 Å². The molecule has 0 atom stereocenters.